The number of halogens is 2. The van der Waals surface area contributed by atoms with E-state index < -0.39 is 29.3 Å². The number of aliphatic hydroxyl groups excluding tert-OH is 1. The minimum atomic E-state index is -1.01. The topological polar surface area (TPSA) is 91.6 Å². The fourth-order valence-corrected chi connectivity index (χ4v) is 5.30. The number of carbonyl (C=O) groups is 2. The van der Waals surface area contributed by atoms with Gasteiger partial charge >= 0.3 is 0 Å². The molecule has 196 valence electrons. The average Bonchev–Trinajstić information content (AvgIpc) is 3.36. The van der Waals surface area contributed by atoms with Crippen molar-refractivity contribution in [3.63, 3.8) is 0 Å². The van der Waals surface area contributed by atoms with Gasteiger partial charge in [0, 0.05) is 30.6 Å². The summed E-state index contributed by atoms with van der Waals surface area (Å²) in [7, 11) is 0. The van der Waals surface area contributed by atoms with E-state index in [9.17, 15) is 23.5 Å². The molecule has 1 saturated carbocycles. The van der Waals surface area contributed by atoms with Gasteiger partial charge in [-0.3, -0.25) is 9.59 Å². The lowest BCUT2D eigenvalue weighted by Crippen LogP contribution is -2.53. The molecule has 0 saturated heterocycles. The number of rotatable bonds is 10. The lowest BCUT2D eigenvalue weighted by Gasteiger charge is -2.40. The van der Waals surface area contributed by atoms with Crippen LogP contribution in [0.1, 0.15) is 60.5 Å². The second kappa shape index (κ2) is 11.8. The van der Waals surface area contributed by atoms with Crippen LogP contribution in [0.2, 0.25) is 0 Å². The maximum Gasteiger partial charge on any atom is 0.217 e. The standard InChI is InChI=1S/C29H32F2N2O4/c1-19(35)33-26(14-20-12-24(30)16-25(31)13-20)27(36)17-32-29(9-3-2-4-10-29)23-7-5-6-21(15-23)28-22(18-34)8-11-37-28/h5-8,11-13,15-16,18,26-27,32,36H,2-4,9-10,14,17H2,1H3,(H,33,35)/t26-,27+/m0/s1. The van der Waals surface area contributed by atoms with E-state index in [-0.39, 0.29) is 18.9 Å². The van der Waals surface area contributed by atoms with E-state index in [1.165, 1.54) is 25.3 Å². The van der Waals surface area contributed by atoms with Gasteiger partial charge in [0.05, 0.1) is 24.0 Å². The Morgan fingerprint density at radius 1 is 1.11 bits per heavy atom. The highest BCUT2D eigenvalue weighted by Gasteiger charge is 2.35. The molecule has 1 aromatic heterocycles. The molecule has 0 spiro atoms. The number of hydrogen-bond acceptors (Lipinski definition) is 5. The molecule has 0 aliphatic heterocycles. The molecule has 8 heteroatoms. The van der Waals surface area contributed by atoms with Crippen LogP contribution < -0.4 is 10.6 Å². The van der Waals surface area contributed by atoms with Crippen LogP contribution in [0.4, 0.5) is 8.78 Å². The van der Waals surface area contributed by atoms with Crippen molar-refractivity contribution < 1.29 is 27.9 Å². The van der Waals surface area contributed by atoms with Crippen molar-refractivity contribution in [2.45, 2.75) is 63.1 Å². The van der Waals surface area contributed by atoms with Gasteiger partial charge in [-0.25, -0.2) is 8.78 Å². The molecular formula is C29H32F2N2O4. The van der Waals surface area contributed by atoms with E-state index in [0.29, 0.717) is 16.9 Å². The maximum absolute atomic E-state index is 13.7. The highest BCUT2D eigenvalue weighted by atomic mass is 19.1. The third kappa shape index (κ3) is 6.50. The fraction of sp³-hybridized carbons (Fsp3) is 0.379. The van der Waals surface area contributed by atoms with Crippen LogP contribution in [-0.2, 0) is 16.8 Å². The summed E-state index contributed by atoms with van der Waals surface area (Å²) >= 11 is 0. The quantitative estimate of drug-likeness (QED) is 0.338. The summed E-state index contributed by atoms with van der Waals surface area (Å²) in [4.78, 5) is 23.3. The molecule has 0 unspecified atom stereocenters. The van der Waals surface area contributed by atoms with Crippen LogP contribution in [0.25, 0.3) is 11.3 Å². The van der Waals surface area contributed by atoms with Crippen LogP contribution in [0.5, 0.6) is 0 Å². The van der Waals surface area contributed by atoms with Crippen molar-refractivity contribution in [3.05, 3.63) is 83.1 Å². The Bertz CT molecular complexity index is 1220. The molecule has 2 atom stereocenters. The number of amides is 1. The second-order valence-corrected chi connectivity index (χ2v) is 9.78. The normalized spacial score (nSPS) is 16.6. The highest BCUT2D eigenvalue weighted by Crippen LogP contribution is 2.39. The fourth-order valence-electron chi connectivity index (χ4n) is 5.30. The number of hydrogen-bond donors (Lipinski definition) is 3. The molecule has 1 heterocycles. The van der Waals surface area contributed by atoms with Crippen molar-refractivity contribution in [1.29, 1.82) is 0 Å². The van der Waals surface area contributed by atoms with Gasteiger partial charge < -0.3 is 20.2 Å². The zero-order valence-electron chi connectivity index (χ0n) is 20.8. The van der Waals surface area contributed by atoms with E-state index in [0.717, 1.165) is 55.6 Å². The predicted molar refractivity (Wildman–Crippen MR) is 136 cm³/mol. The molecule has 3 N–H and O–H groups in total. The Kier molecular flexibility index (Phi) is 8.51. The lowest BCUT2D eigenvalue weighted by atomic mass is 9.76. The second-order valence-electron chi connectivity index (χ2n) is 9.78. The summed E-state index contributed by atoms with van der Waals surface area (Å²) < 4.78 is 33.0. The van der Waals surface area contributed by atoms with E-state index in [4.69, 9.17) is 4.42 Å². The van der Waals surface area contributed by atoms with Gasteiger partial charge in [-0.2, -0.15) is 0 Å². The molecule has 1 amide bonds. The minimum Gasteiger partial charge on any atom is -0.464 e. The first-order valence-electron chi connectivity index (χ1n) is 12.6. The predicted octanol–water partition coefficient (Wildman–Crippen LogP) is 4.89. The van der Waals surface area contributed by atoms with Gasteiger partial charge in [0.2, 0.25) is 5.91 Å². The molecule has 6 nitrogen and oxygen atoms in total. The Morgan fingerprint density at radius 3 is 2.51 bits per heavy atom. The van der Waals surface area contributed by atoms with E-state index in [1.807, 2.05) is 24.3 Å². The summed E-state index contributed by atoms with van der Waals surface area (Å²) in [5.41, 5.74) is 2.22. The third-order valence-electron chi connectivity index (χ3n) is 7.09. The van der Waals surface area contributed by atoms with Crippen molar-refractivity contribution in [1.82, 2.24) is 10.6 Å². The van der Waals surface area contributed by atoms with Crippen LogP contribution >= 0.6 is 0 Å². The largest absolute Gasteiger partial charge is 0.464 e. The lowest BCUT2D eigenvalue weighted by molar-refractivity contribution is -0.120. The van der Waals surface area contributed by atoms with Gasteiger partial charge in [0.15, 0.2) is 6.29 Å². The molecule has 3 aromatic rings. The van der Waals surface area contributed by atoms with Crippen LogP contribution in [0, 0.1) is 11.6 Å². The van der Waals surface area contributed by atoms with Crippen LogP contribution in [0.3, 0.4) is 0 Å². The molecule has 2 aromatic carbocycles. The van der Waals surface area contributed by atoms with Crippen molar-refractivity contribution in [2.75, 3.05) is 6.54 Å². The minimum absolute atomic E-state index is 0.0759. The smallest absolute Gasteiger partial charge is 0.217 e. The summed E-state index contributed by atoms with van der Waals surface area (Å²) in [6.07, 6.45) is 6.14. The van der Waals surface area contributed by atoms with E-state index in [1.54, 1.807) is 6.07 Å². The number of nitrogens with one attached hydrogen (secondary N) is 2. The Morgan fingerprint density at radius 2 is 1.84 bits per heavy atom. The monoisotopic (exact) mass is 510 g/mol. The number of carbonyl (C=O) groups excluding carboxylic acids is 2. The summed E-state index contributed by atoms with van der Waals surface area (Å²) in [5, 5.41) is 17.4. The highest BCUT2D eigenvalue weighted by molar-refractivity contribution is 5.85. The number of furan rings is 1. The van der Waals surface area contributed by atoms with Crippen LogP contribution in [-0.4, -0.2) is 36.0 Å². The molecule has 1 fully saturated rings. The number of aliphatic hydroxyl groups is 1. The average molecular weight is 511 g/mol. The summed E-state index contributed by atoms with van der Waals surface area (Å²) in [5.74, 6) is -1.25. The van der Waals surface area contributed by atoms with Crippen LogP contribution in [0.15, 0.2) is 59.2 Å². The molecule has 4 rings (SSSR count). The molecule has 1 aliphatic carbocycles. The number of aldehydes is 1. The summed E-state index contributed by atoms with van der Waals surface area (Å²) in [6, 6.07) is 11.9. The first-order valence-corrected chi connectivity index (χ1v) is 12.6. The molecule has 0 radical (unpaired) electrons. The first-order chi connectivity index (χ1) is 17.8. The Hall–Kier alpha value is -3.36. The first kappa shape index (κ1) is 26.7. The summed E-state index contributed by atoms with van der Waals surface area (Å²) in [6.45, 7) is 1.50. The van der Waals surface area contributed by atoms with Crippen molar-refractivity contribution >= 4 is 12.2 Å². The zero-order chi connectivity index (χ0) is 26.4. The molecule has 1 aliphatic rings. The molecule has 37 heavy (non-hydrogen) atoms. The third-order valence-corrected chi connectivity index (χ3v) is 7.09. The maximum atomic E-state index is 13.7. The van der Waals surface area contributed by atoms with E-state index >= 15 is 0 Å². The van der Waals surface area contributed by atoms with E-state index in [2.05, 4.69) is 10.6 Å². The van der Waals surface area contributed by atoms with Crippen molar-refractivity contribution in [2.24, 2.45) is 0 Å². The molecule has 0 bridgehead atoms. The Balaban J connectivity index is 1.56. The van der Waals surface area contributed by atoms with Gasteiger partial charge in [-0.15, -0.1) is 0 Å². The zero-order valence-corrected chi connectivity index (χ0v) is 20.8. The molecular weight excluding hydrogens is 478 g/mol. The SMILES string of the molecule is CC(=O)N[C@@H](Cc1cc(F)cc(F)c1)[C@H](O)CNC1(c2cccc(-c3occc3C=O)c2)CCCCC1. The van der Waals surface area contributed by atoms with Gasteiger partial charge in [-0.1, -0.05) is 37.5 Å². The van der Waals surface area contributed by atoms with Crippen molar-refractivity contribution in [3.8, 4) is 11.3 Å². The number of benzene rings is 2. The van der Waals surface area contributed by atoms with Gasteiger partial charge in [0.25, 0.3) is 0 Å². The van der Waals surface area contributed by atoms with Gasteiger partial charge in [-0.05, 0) is 54.7 Å². The Labute approximate surface area is 215 Å². The van der Waals surface area contributed by atoms with Gasteiger partial charge in [0.1, 0.15) is 17.4 Å².